The fourth-order valence-electron chi connectivity index (χ4n) is 6.10. The van der Waals surface area contributed by atoms with Crippen molar-refractivity contribution in [2.24, 2.45) is 17.6 Å². The molecule has 37 heavy (non-hydrogen) atoms. The van der Waals surface area contributed by atoms with Gasteiger partial charge in [-0.15, -0.1) is 0 Å². The number of carbonyl (C=O) groups excluding carboxylic acids is 4. The molecule has 1 saturated carbocycles. The molecule has 198 valence electrons. The Bertz CT molecular complexity index is 1280. The third kappa shape index (κ3) is 3.56. The van der Waals surface area contributed by atoms with Crippen molar-refractivity contribution in [1.29, 1.82) is 0 Å². The number of hydrogen-bond donors (Lipinski definition) is 5. The van der Waals surface area contributed by atoms with E-state index in [9.17, 15) is 39.6 Å². The molecule has 1 amide bonds. The first-order valence-electron chi connectivity index (χ1n) is 12.0. The Morgan fingerprint density at radius 1 is 1.16 bits per heavy atom. The van der Waals surface area contributed by atoms with Crippen molar-refractivity contribution in [1.82, 2.24) is 4.90 Å². The van der Waals surface area contributed by atoms with E-state index in [0.717, 1.165) is 0 Å². The van der Waals surface area contributed by atoms with E-state index in [0.29, 0.717) is 12.0 Å². The number of phenols is 1. The van der Waals surface area contributed by atoms with E-state index < -0.39 is 81.6 Å². The summed E-state index contributed by atoms with van der Waals surface area (Å²) in [6, 6.07) is 3.12. The number of phenolic OH excluding ortho intramolecular Hbond substituents is 1. The summed E-state index contributed by atoms with van der Waals surface area (Å²) in [6.45, 7) is 3.45. The van der Waals surface area contributed by atoms with Crippen LogP contribution in [-0.2, 0) is 23.9 Å². The number of Topliss-reactive ketones (excluding diaryl/α,β-unsaturated/α-hetero) is 2. The molecule has 11 nitrogen and oxygen atoms in total. The van der Waals surface area contributed by atoms with Crippen LogP contribution in [0.25, 0.3) is 5.76 Å². The lowest BCUT2D eigenvalue weighted by Gasteiger charge is -2.54. The molecule has 0 saturated heterocycles. The zero-order chi connectivity index (χ0) is 27.6. The number of carbonyl (C=O) groups is 4. The average Bonchev–Trinajstić information content (AvgIpc) is 2.80. The minimum atomic E-state index is -2.94. The molecule has 0 radical (unpaired) electrons. The number of rotatable bonds is 5. The molecule has 1 aromatic carbocycles. The maximum absolute atomic E-state index is 14.0. The number of benzene rings is 1. The highest BCUT2D eigenvalue weighted by atomic mass is 16.5. The predicted molar refractivity (Wildman–Crippen MR) is 129 cm³/mol. The number of amides is 1. The molecule has 6 atom stereocenters. The number of nitrogens with two attached hydrogens (primary N) is 1. The fraction of sp³-hybridized carbons (Fsp3) is 0.462. The number of primary amides is 1. The van der Waals surface area contributed by atoms with Crippen molar-refractivity contribution < 1.29 is 44.3 Å². The minimum absolute atomic E-state index is 0.00592. The average molecular weight is 515 g/mol. The highest BCUT2D eigenvalue weighted by Crippen LogP contribution is 2.56. The second kappa shape index (κ2) is 9.00. The number of aliphatic hydroxyl groups is 3. The van der Waals surface area contributed by atoms with Gasteiger partial charge in [0.2, 0.25) is 5.78 Å². The molecule has 11 heteroatoms. The van der Waals surface area contributed by atoms with Crippen LogP contribution in [0.5, 0.6) is 5.75 Å². The van der Waals surface area contributed by atoms with E-state index in [1.54, 1.807) is 26.0 Å². The van der Waals surface area contributed by atoms with Gasteiger partial charge in [-0.25, -0.2) is 0 Å². The SMILES string of the molecule is CCCC(=O)OC1C2C(=C(O)c3c(O)cccc3C2C)C(=O)C2(O)C(O)=C(C(N)=O)C(=O)C(N(C)C)C12. The van der Waals surface area contributed by atoms with E-state index >= 15 is 0 Å². The summed E-state index contributed by atoms with van der Waals surface area (Å²) in [5.41, 5.74) is 1.50. The summed E-state index contributed by atoms with van der Waals surface area (Å²) in [4.78, 5) is 53.8. The Hall–Kier alpha value is -3.70. The second-order valence-electron chi connectivity index (χ2n) is 10.0. The number of fused-ring (bicyclic) bond motifs is 3. The van der Waals surface area contributed by atoms with Crippen molar-refractivity contribution in [3.63, 3.8) is 0 Å². The van der Waals surface area contributed by atoms with Gasteiger partial charge < -0.3 is 30.9 Å². The Morgan fingerprint density at radius 3 is 2.38 bits per heavy atom. The van der Waals surface area contributed by atoms with Crippen molar-refractivity contribution in [2.75, 3.05) is 14.1 Å². The summed E-state index contributed by atoms with van der Waals surface area (Å²) < 4.78 is 5.83. The largest absolute Gasteiger partial charge is 0.508 e. The van der Waals surface area contributed by atoms with Crippen LogP contribution in [0.2, 0.25) is 0 Å². The first-order valence-corrected chi connectivity index (χ1v) is 12.0. The van der Waals surface area contributed by atoms with Crippen molar-refractivity contribution in [3.8, 4) is 5.75 Å². The molecular formula is C26H30N2O9. The van der Waals surface area contributed by atoms with Crippen molar-refractivity contribution in [2.45, 2.75) is 50.4 Å². The van der Waals surface area contributed by atoms with Gasteiger partial charge in [0, 0.05) is 17.9 Å². The number of likely N-dealkylation sites (N-methyl/N-ethyl adjacent to an activating group) is 1. The molecular weight excluding hydrogens is 484 g/mol. The number of ketones is 2. The number of aliphatic hydroxyl groups excluding tert-OH is 2. The lowest BCUT2D eigenvalue weighted by atomic mass is 9.54. The van der Waals surface area contributed by atoms with Crippen LogP contribution in [0.3, 0.4) is 0 Å². The topological polar surface area (TPSA) is 188 Å². The van der Waals surface area contributed by atoms with Gasteiger partial charge in [0.1, 0.15) is 28.9 Å². The van der Waals surface area contributed by atoms with Crippen LogP contribution in [0.4, 0.5) is 0 Å². The maximum Gasteiger partial charge on any atom is 0.306 e. The quantitative estimate of drug-likeness (QED) is 0.278. The number of ether oxygens (including phenoxy) is 1. The lowest BCUT2D eigenvalue weighted by Crippen LogP contribution is -2.71. The zero-order valence-corrected chi connectivity index (χ0v) is 20.9. The van der Waals surface area contributed by atoms with Gasteiger partial charge in [-0.3, -0.25) is 24.1 Å². The molecule has 0 aromatic heterocycles. The predicted octanol–water partition coefficient (Wildman–Crippen LogP) is 0.847. The van der Waals surface area contributed by atoms with Gasteiger partial charge in [0.15, 0.2) is 11.4 Å². The summed E-state index contributed by atoms with van der Waals surface area (Å²) in [5.74, 6) is -9.62. The summed E-state index contributed by atoms with van der Waals surface area (Å²) in [7, 11) is 2.94. The summed E-state index contributed by atoms with van der Waals surface area (Å²) >= 11 is 0. The third-order valence-corrected chi connectivity index (χ3v) is 7.69. The summed E-state index contributed by atoms with van der Waals surface area (Å²) in [5, 5.41) is 44.7. The van der Waals surface area contributed by atoms with Crippen LogP contribution in [0, 0.1) is 11.8 Å². The van der Waals surface area contributed by atoms with Gasteiger partial charge in [-0.2, -0.15) is 0 Å². The first-order chi connectivity index (χ1) is 17.3. The van der Waals surface area contributed by atoms with Crippen LogP contribution in [-0.4, -0.2) is 80.6 Å². The number of aromatic hydroxyl groups is 1. The molecule has 0 spiro atoms. The molecule has 0 heterocycles. The zero-order valence-electron chi connectivity index (χ0n) is 20.9. The smallest absolute Gasteiger partial charge is 0.306 e. The van der Waals surface area contributed by atoms with E-state index in [4.69, 9.17) is 10.5 Å². The second-order valence-corrected chi connectivity index (χ2v) is 10.0. The highest BCUT2D eigenvalue weighted by Gasteiger charge is 2.69. The molecule has 3 aliphatic carbocycles. The lowest BCUT2D eigenvalue weighted by molar-refractivity contribution is -0.185. The number of esters is 1. The van der Waals surface area contributed by atoms with Crippen LogP contribution in [0.1, 0.15) is 43.7 Å². The van der Waals surface area contributed by atoms with Crippen molar-refractivity contribution >= 4 is 29.2 Å². The Kier molecular flexibility index (Phi) is 6.41. The molecule has 0 aliphatic heterocycles. The van der Waals surface area contributed by atoms with Gasteiger partial charge in [-0.05, 0) is 38.1 Å². The van der Waals surface area contributed by atoms with Gasteiger partial charge in [0.25, 0.3) is 5.91 Å². The van der Waals surface area contributed by atoms with Crippen LogP contribution in [0.15, 0.2) is 35.1 Å². The van der Waals surface area contributed by atoms with Gasteiger partial charge in [-0.1, -0.05) is 26.0 Å². The number of nitrogens with zero attached hydrogens (tertiary/aromatic N) is 1. The standard InChI is InChI=1S/C26H30N2O9/c1-5-7-13(30)37-22-14-10(2)11-8-6-9-12(29)15(11)20(31)16(14)23(33)26(36)18(22)19(28(3)4)21(32)17(24(26)34)25(27)35/h6,8-10,14,18-19,22,29,31,34,36H,5,7H2,1-4H3,(H2,27,35). The van der Waals surface area contributed by atoms with Gasteiger partial charge in [0.05, 0.1) is 17.5 Å². The van der Waals surface area contributed by atoms with E-state index in [-0.39, 0.29) is 17.7 Å². The molecule has 4 rings (SSSR count). The third-order valence-electron chi connectivity index (χ3n) is 7.69. The monoisotopic (exact) mass is 514 g/mol. The highest BCUT2D eigenvalue weighted by molar-refractivity contribution is 6.24. The molecule has 6 N–H and O–H groups in total. The Balaban J connectivity index is 2.09. The molecule has 3 aliphatic rings. The normalized spacial score (nSPS) is 31.1. The van der Waals surface area contributed by atoms with E-state index in [1.807, 2.05) is 0 Å². The molecule has 0 bridgehead atoms. The van der Waals surface area contributed by atoms with Crippen molar-refractivity contribution in [3.05, 3.63) is 46.2 Å². The molecule has 1 aromatic rings. The van der Waals surface area contributed by atoms with E-state index in [2.05, 4.69) is 0 Å². The molecule has 6 unspecified atom stereocenters. The van der Waals surface area contributed by atoms with Crippen LogP contribution < -0.4 is 5.73 Å². The first kappa shape index (κ1) is 26.4. The summed E-state index contributed by atoms with van der Waals surface area (Å²) in [6.07, 6.45) is -0.969. The molecule has 1 fully saturated rings. The minimum Gasteiger partial charge on any atom is -0.508 e. The Labute approximate surface area is 212 Å². The van der Waals surface area contributed by atoms with E-state index in [1.165, 1.54) is 25.1 Å². The maximum atomic E-state index is 14.0. The Morgan fingerprint density at radius 2 is 1.81 bits per heavy atom. The fourth-order valence-corrected chi connectivity index (χ4v) is 6.10. The van der Waals surface area contributed by atoms with Crippen LogP contribution >= 0.6 is 0 Å². The number of hydrogen-bond acceptors (Lipinski definition) is 10. The van der Waals surface area contributed by atoms with Gasteiger partial charge >= 0.3 is 5.97 Å².